The summed E-state index contributed by atoms with van der Waals surface area (Å²) in [6.45, 7) is 2.56. The number of benzene rings is 3. The molecule has 0 atom stereocenters. The van der Waals surface area contributed by atoms with Crippen molar-refractivity contribution in [1.29, 1.82) is 5.26 Å². The summed E-state index contributed by atoms with van der Waals surface area (Å²) in [6, 6.07) is 20.0. The number of thioether (sulfide) groups is 1. The second kappa shape index (κ2) is 11.7. The molecule has 0 bridgehead atoms. The lowest BCUT2D eigenvalue weighted by Crippen LogP contribution is -2.19. The van der Waals surface area contributed by atoms with Gasteiger partial charge in [0, 0.05) is 10.6 Å². The Morgan fingerprint density at radius 2 is 1.89 bits per heavy atom. The van der Waals surface area contributed by atoms with Gasteiger partial charge in [0.25, 0.3) is 5.91 Å². The molecule has 4 rings (SSSR count). The van der Waals surface area contributed by atoms with E-state index in [4.69, 9.17) is 25.8 Å². The summed E-state index contributed by atoms with van der Waals surface area (Å²) in [5.41, 5.74) is 2.64. The van der Waals surface area contributed by atoms with Gasteiger partial charge in [-0.3, -0.25) is 4.79 Å². The molecule has 1 amide bonds. The van der Waals surface area contributed by atoms with Crippen LogP contribution in [0.2, 0.25) is 5.02 Å². The molecule has 0 aliphatic carbocycles. The Bertz CT molecular complexity index is 1400. The Hall–Kier alpha value is -3.93. The second-order valence-corrected chi connectivity index (χ2v) is 8.96. The predicted molar refractivity (Wildman–Crippen MR) is 142 cm³/mol. The molecule has 0 saturated carbocycles. The molecule has 3 aromatic carbocycles. The van der Waals surface area contributed by atoms with Crippen LogP contribution in [-0.2, 0) is 11.4 Å². The fraction of sp³-hybridized carbons (Fsp3) is 0.148. The fourth-order valence-electron chi connectivity index (χ4n) is 3.40. The van der Waals surface area contributed by atoms with Gasteiger partial charge in [-0.15, -0.1) is 0 Å². The van der Waals surface area contributed by atoms with Crippen molar-refractivity contribution in [2.75, 3.05) is 13.7 Å². The van der Waals surface area contributed by atoms with E-state index >= 15 is 0 Å². The topological polar surface area (TPSA) is 92.9 Å². The van der Waals surface area contributed by atoms with Gasteiger partial charge >= 0.3 is 0 Å². The first-order valence-corrected chi connectivity index (χ1v) is 12.2. The van der Waals surface area contributed by atoms with Crippen molar-refractivity contribution in [2.45, 2.75) is 13.5 Å². The molecular weight excluding hydrogens is 498 g/mol. The van der Waals surface area contributed by atoms with Crippen LogP contribution in [0.5, 0.6) is 17.2 Å². The Morgan fingerprint density at radius 1 is 1.08 bits per heavy atom. The van der Waals surface area contributed by atoms with Crippen molar-refractivity contribution in [3.63, 3.8) is 0 Å². The minimum atomic E-state index is -0.258. The van der Waals surface area contributed by atoms with E-state index in [2.05, 4.69) is 16.4 Å². The number of hydrogen-bond acceptors (Lipinski definition) is 7. The predicted octanol–water partition coefficient (Wildman–Crippen LogP) is 6.09. The van der Waals surface area contributed by atoms with Crippen molar-refractivity contribution >= 4 is 46.2 Å². The third-order valence-corrected chi connectivity index (χ3v) is 6.25. The summed E-state index contributed by atoms with van der Waals surface area (Å²) in [5.74, 6) is 1.38. The number of aliphatic imine (C=N–C) groups is 1. The number of rotatable bonds is 8. The molecule has 1 heterocycles. The molecular formula is C27H22ClN3O4S. The van der Waals surface area contributed by atoms with Crippen LogP contribution in [0.25, 0.3) is 6.08 Å². The Morgan fingerprint density at radius 3 is 2.67 bits per heavy atom. The largest absolute Gasteiger partial charge is 0.494 e. The van der Waals surface area contributed by atoms with Gasteiger partial charge in [-0.25, -0.2) is 4.99 Å². The van der Waals surface area contributed by atoms with E-state index in [0.717, 1.165) is 11.1 Å². The molecule has 36 heavy (non-hydrogen) atoms. The molecule has 1 aliphatic heterocycles. The first-order valence-electron chi connectivity index (χ1n) is 11.0. The van der Waals surface area contributed by atoms with Gasteiger partial charge < -0.3 is 19.5 Å². The van der Waals surface area contributed by atoms with Crippen LogP contribution in [0.1, 0.15) is 23.6 Å². The zero-order valence-corrected chi connectivity index (χ0v) is 21.2. The minimum Gasteiger partial charge on any atom is -0.494 e. The highest BCUT2D eigenvalue weighted by atomic mass is 35.5. The van der Waals surface area contributed by atoms with Crippen molar-refractivity contribution < 1.29 is 19.0 Å². The smallest absolute Gasteiger partial charge is 0.264 e. The van der Waals surface area contributed by atoms with Crippen LogP contribution >= 0.6 is 23.4 Å². The van der Waals surface area contributed by atoms with Gasteiger partial charge in [-0.2, -0.15) is 5.26 Å². The summed E-state index contributed by atoms with van der Waals surface area (Å²) in [6.07, 6.45) is 1.76. The SMILES string of the molecule is CCOc1cc(/C=C2\SC(=Nc3cc(Cl)ccc3OC)NC2=O)ccc1OCc1ccccc1C#N. The third-order valence-electron chi connectivity index (χ3n) is 5.10. The summed E-state index contributed by atoms with van der Waals surface area (Å²) in [4.78, 5) is 17.5. The zero-order valence-electron chi connectivity index (χ0n) is 19.6. The first-order chi connectivity index (χ1) is 17.5. The lowest BCUT2D eigenvalue weighted by molar-refractivity contribution is -0.115. The number of nitrogens with zero attached hydrogens (tertiary/aromatic N) is 2. The highest BCUT2D eigenvalue weighted by Gasteiger charge is 2.24. The highest BCUT2D eigenvalue weighted by molar-refractivity contribution is 8.18. The Balaban J connectivity index is 1.54. The maximum Gasteiger partial charge on any atom is 0.264 e. The third kappa shape index (κ3) is 6.00. The quantitative estimate of drug-likeness (QED) is 0.362. The van der Waals surface area contributed by atoms with Gasteiger partial charge in [-0.1, -0.05) is 35.9 Å². The minimum absolute atomic E-state index is 0.231. The van der Waals surface area contributed by atoms with Crippen LogP contribution in [0.15, 0.2) is 70.6 Å². The fourth-order valence-corrected chi connectivity index (χ4v) is 4.41. The van der Waals surface area contributed by atoms with E-state index in [0.29, 0.717) is 50.2 Å². The maximum atomic E-state index is 12.6. The van der Waals surface area contributed by atoms with E-state index in [1.165, 1.54) is 11.8 Å². The molecule has 0 spiro atoms. The van der Waals surface area contributed by atoms with Crippen LogP contribution in [0.4, 0.5) is 5.69 Å². The molecule has 1 aliphatic rings. The number of carbonyl (C=O) groups excluding carboxylic acids is 1. The average molecular weight is 520 g/mol. The molecule has 1 saturated heterocycles. The Labute approximate surface area is 218 Å². The first kappa shape index (κ1) is 25.2. The number of amides is 1. The molecule has 9 heteroatoms. The zero-order chi connectivity index (χ0) is 25.5. The second-order valence-electron chi connectivity index (χ2n) is 7.49. The van der Waals surface area contributed by atoms with E-state index < -0.39 is 0 Å². The normalized spacial score (nSPS) is 15.0. The molecule has 182 valence electrons. The summed E-state index contributed by atoms with van der Waals surface area (Å²) in [7, 11) is 1.55. The van der Waals surface area contributed by atoms with Gasteiger partial charge in [0.05, 0.1) is 30.3 Å². The molecule has 0 radical (unpaired) electrons. The van der Waals surface area contributed by atoms with Crippen molar-refractivity contribution in [3.05, 3.63) is 87.3 Å². The summed E-state index contributed by atoms with van der Waals surface area (Å²) < 4.78 is 17.1. The lowest BCUT2D eigenvalue weighted by atomic mass is 10.1. The number of methoxy groups -OCH3 is 1. The maximum absolute atomic E-state index is 12.6. The van der Waals surface area contributed by atoms with Gasteiger partial charge in [0.2, 0.25) is 0 Å². The number of nitrogens with one attached hydrogen (secondary N) is 1. The summed E-state index contributed by atoms with van der Waals surface area (Å²) in [5, 5.41) is 13.0. The van der Waals surface area contributed by atoms with Crippen molar-refractivity contribution in [2.24, 2.45) is 4.99 Å². The standard InChI is InChI=1S/C27H22ClN3O4S/c1-3-34-24-12-17(8-10-23(24)35-16-19-7-5-4-6-18(19)15-29)13-25-26(32)31-27(36-25)30-21-14-20(28)9-11-22(21)33-2/h4-14H,3,16H2,1-2H3,(H,30,31,32)/b25-13-. The molecule has 1 N–H and O–H groups in total. The average Bonchev–Trinajstić information content (AvgIpc) is 3.22. The van der Waals surface area contributed by atoms with Gasteiger partial charge in [0.15, 0.2) is 16.7 Å². The summed E-state index contributed by atoms with van der Waals surface area (Å²) >= 11 is 7.30. The number of amidine groups is 1. The van der Waals surface area contributed by atoms with Crippen molar-refractivity contribution in [3.8, 4) is 23.3 Å². The highest BCUT2D eigenvalue weighted by Crippen LogP contribution is 2.35. The number of ether oxygens (including phenoxy) is 3. The Kier molecular flexibility index (Phi) is 8.16. The molecule has 0 aromatic heterocycles. The monoisotopic (exact) mass is 519 g/mol. The van der Waals surface area contributed by atoms with E-state index in [9.17, 15) is 10.1 Å². The van der Waals surface area contributed by atoms with Crippen LogP contribution in [0.3, 0.4) is 0 Å². The number of hydrogen-bond donors (Lipinski definition) is 1. The van der Waals surface area contributed by atoms with Crippen LogP contribution in [-0.4, -0.2) is 24.8 Å². The number of nitriles is 1. The number of halogens is 1. The lowest BCUT2D eigenvalue weighted by Gasteiger charge is -2.13. The van der Waals surface area contributed by atoms with E-state index in [-0.39, 0.29) is 12.5 Å². The van der Waals surface area contributed by atoms with E-state index in [1.54, 1.807) is 43.5 Å². The van der Waals surface area contributed by atoms with Crippen LogP contribution in [0, 0.1) is 11.3 Å². The van der Waals surface area contributed by atoms with Crippen LogP contribution < -0.4 is 19.5 Å². The van der Waals surface area contributed by atoms with Gasteiger partial charge in [0.1, 0.15) is 18.0 Å². The van der Waals surface area contributed by atoms with Gasteiger partial charge in [-0.05, 0) is 66.7 Å². The molecule has 0 unspecified atom stereocenters. The number of carbonyl (C=O) groups is 1. The molecule has 3 aromatic rings. The molecule has 1 fully saturated rings. The molecule has 7 nitrogen and oxygen atoms in total. The van der Waals surface area contributed by atoms with Crippen molar-refractivity contribution in [1.82, 2.24) is 5.32 Å². The van der Waals surface area contributed by atoms with E-state index in [1.807, 2.05) is 37.3 Å².